The van der Waals surface area contributed by atoms with Gasteiger partial charge < -0.3 is 5.11 Å². The second-order valence-corrected chi connectivity index (χ2v) is 6.05. The van der Waals surface area contributed by atoms with Gasteiger partial charge in [-0.2, -0.15) is 0 Å². The van der Waals surface area contributed by atoms with Crippen LogP contribution in [0.5, 0.6) is 0 Å². The van der Waals surface area contributed by atoms with E-state index in [9.17, 15) is 9.90 Å². The van der Waals surface area contributed by atoms with Crippen LogP contribution in [0.2, 0.25) is 0 Å². The van der Waals surface area contributed by atoms with Crippen molar-refractivity contribution in [2.75, 3.05) is 0 Å². The highest BCUT2D eigenvalue weighted by Crippen LogP contribution is 2.54. The molecule has 1 atom stereocenters. The van der Waals surface area contributed by atoms with Crippen LogP contribution in [0.4, 0.5) is 0 Å². The van der Waals surface area contributed by atoms with Crippen LogP contribution in [-0.2, 0) is 12.8 Å². The maximum absolute atomic E-state index is 12.9. The molecule has 2 nitrogen and oxygen atoms in total. The third-order valence-electron chi connectivity index (χ3n) is 4.95. The van der Waals surface area contributed by atoms with Crippen molar-refractivity contribution in [3.8, 4) is 0 Å². The van der Waals surface area contributed by atoms with E-state index in [-0.39, 0.29) is 5.78 Å². The molecule has 20 heavy (non-hydrogen) atoms. The van der Waals surface area contributed by atoms with Crippen LogP contribution in [0.25, 0.3) is 0 Å². The van der Waals surface area contributed by atoms with E-state index < -0.39 is 11.5 Å². The van der Waals surface area contributed by atoms with Crippen LogP contribution in [0.15, 0.2) is 42.5 Å². The number of carbonyl (C=O) groups is 1. The van der Waals surface area contributed by atoms with Crippen LogP contribution in [0.3, 0.4) is 0 Å². The number of rotatable bonds is 0. The zero-order valence-electron chi connectivity index (χ0n) is 11.4. The molecule has 2 heteroatoms. The van der Waals surface area contributed by atoms with Crippen LogP contribution < -0.4 is 0 Å². The summed E-state index contributed by atoms with van der Waals surface area (Å²) in [6, 6.07) is 13.9. The Balaban J connectivity index is 1.88. The van der Waals surface area contributed by atoms with Crippen molar-refractivity contribution in [3.05, 3.63) is 70.3 Å². The molecule has 2 aromatic carbocycles. The lowest BCUT2D eigenvalue weighted by molar-refractivity contribution is 0.0377. The Bertz CT molecular complexity index is 705. The fraction of sp³-hybridized carbons (Fsp3) is 0.278. The number of aryl methyl sites for hydroxylation is 1. The van der Waals surface area contributed by atoms with Crippen LogP contribution in [0.1, 0.15) is 38.7 Å². The summed E-state index contributed by atoms with van der Waals surface area (Å²) in [4.78, 5) is 12.9. The van der Waals surface area contributed by atoms with Crippen molar-refractivity contribution < 1.29 is 9.90 Å². The standard InChI is InChI=1S/C18H16O2/c1-11-5-4-8-14-15(11)17(20)18(16(14)19)9-12-6-2-3-7-13(12)10-18/h2-8,17,20H,9-10H2,1H3. The summed E-state index contributed by atoms with van der Waals surface area (Å²) in [6.07, 6.45) is 0.618. The van der Waals surface area contributed by atoms with Crippen LogP contribution in [-0.4, -0.2) is 10.9 Å². The zero-order valence-corrected chi connectivity index (χ0v) is 11.4. The van der Waals surface area contributed by atoms with Gasteiger partial charge in [0.2, 0.25) is 0 Å². The van der Waals surface area contributed by atoms with E-state index >= 15 is 0 Å². The predicted molar refractivity (Wildman–Crippen MR) is 76.8 cm³/mol. The molecular weight excluding hydrogens is 248 g/mol. The summed E-state index contributed by atoms with van der Waals surface area (Å²) >= 11 is 0. The van der Waals surface area contributed by atoms with E-state index in [1.165, 1.54) is 11.1 Å². The topological polar surface area (TPSA) is 37.3 Å². The average Bonchev–Trinajstić information content (AvgIpc) is 2.93. The van der Waals surface area contributed by atoms with Crippen LogP contribution >= 0.6 is 0 Å². The second-order valence-electron chi connectivity index (χ2n) is 6.05. The Labute approximate surface area is 118 Å². The van der Waals surface area contributed by atoms with Gasteiger partial charge in [0, 0.05) is 5.56 Å². The van der Waals surface area contributed by atoms with E-state index in [0.717, 1.165) is 11.1 Å². The Hall–Kier alpha value is -1.93. The summed E-state index contributed by atoms with van der Waals surface area (Å²) < 4.78 is 0. The second kappa shape index (κ2) is 3.80. The van der Waals surface area contributed by atoms with E-state index in [2.05, 4.69) is 12.1 Å². The number of aliphatic hydroxyl groups excluding tert-OH is 1. The molecule has 0 saturated heterocycles. The molecule has 1 unspecified atom stereocenters. The van der Waals surface area contributed by atoms with Gasteiger partial charge in [-0.15, -0.1) is 0 Å². The molecular formula is C18H16O2. The van der Waals surface area contributed by atoms with E-state index in [1.54, 1.807) is 0 Å². The highest BCUT2D eigenvalue weighted by atomic mass is 16.3. The molecule has 0 bridgehead atoms. The number of aliphatic hydroxyl groups is 1. The highest BCUT2D eigenvalue weighted by molar-refractivity contribution is 6.06. The Morgan fingerprint density at radius 1 is 1.05 bits per heavy atom. The molecule has 2 aromatic rings. The highest BCUT2D eigenvalue weighted by Gasteiger charge is 2.55. The van der Waals surface area contributed by atoms with Crippen molar-refractivity contribution in [2.24, 2.45) is 5.41 Å². The van der Waals surface area contributed by atoms with Gasteiger partial charge in [0.25, 0.3) is 0 Å². The molecule has 0 aromatic heterocycles. The van der Waals surface area contributed by atoms with Gasteiger partial charge >= 0.3 is 0 Å². The lowest BCUT2D eigenvalue weighted by atomic mass is 9.78. The number of hydrogen-bond acceptors (Lipinski definition) is 2. The molecule has 0 heterocycles. The minimum Gasteiger partial charge on any atom is -0.387 e. The fourth-order valence-corrected chi connectivity index (χ4v) is 3.91. The third kappa shape index (κ3) is 1.30. The van der Waals surface area contributed by atoms with Gasteiger partial charge in [-0.25, -0.2) is 0 Å². The maximum Gasteiger partial charge on any atom is 0.173 e. The van der Waals surface area contributed by atoms with Gasteiger partial charge in [0.1, 0.15) is 0 Å². The molecule has 0 saturated carbocycles. The van der Waals surface area contributed by atoms with Gasteiger partial charge in [-0.1, -0.05) is 42.5 Å². The smallest absolute Gasteiger partial charge is 0.173 e. The first-order valence-corrected chi connectivity index (χ1v) is 7.03. The first kappa shape index (κ1) is 11.9. The molecule has 2 aliphatic carbocycles. The largest absolute Gasteiger partial charge is 0.387 e. The molecule has 0 amide bonds. The van der Waals surface area contributed by atoms with Crippen molar-refractivity contribution >= 4 is 5.78 Å². The van der Waals surface area contributed by atoms with Gasteiger partial charge in [0.05, 0.1) is 11.5 Å². The number of Topliss-reactive ketones (excluding diaryl/α,β-unsaturated/α-hetero) is 1. The number of carbonyl (C=O) groups excluding carboxylic acids is 1. The first-order chi connectivity index (χ1) is 9.63. The number of benzene rings is 2. The third-order valence-corrected chi connectivity index (χ3v) is 4.95. The summed E-state index contributed by atoms with van der Waals surface area (Å²) in [5.74, 6) is 0.111. The quantitative estimate of drug-likeness (QED) is 0.794. The molecule has 2 aliphatic rings. The Morgan fingerprint density at radius 2 is 1.70 bits per heavy atom. The molecule has 1 spiro atoms. The average molecular weight is 264 g/mol. The van der Waals surface area contributed by atoms with Crippen molar-refractivity contribution in [2.45, 2.75) is 25.9 Å². The van der Waals surface area contributed by atoms with Gasteiger partial charge in [0.15, 0.2) is 5.78 Å². The first-order valence-electron chi connectivity index (χ1n) is 7.03. The minimum absolute atomic E-state index is 0.111. The number of fused-ring (bicyclic) bond motifs is 2. The normalized spacial score (nSPS) is 22.1. The van der Waals surface area contributed by atoms with E-state index in [0.29, 0.717) is 18.4 Å². The molecule has 100 valence electrons. The summed E-state index contributed by atoms with van der Waals surface area (Å²) in [7, 11) is 0. The maximum atomic E-state index is 12.9. The van der Waals surface area contributed by atoms with Crippen molar-refractivity contribution in [3.63, 3.8) is 0 Å². The molecule has 0 aliphatic heterocycles. The zero-order chi connectivity index (χ0) is 13.9. The van der Waals surface area contributed by atoms with Gasteiger partial charge in [-0.05, 0) is 42.0 Å². The van der Waals surface area contributed by atoms with E-state index in [4.69, 9.17) is 0 Å². The predicted octanol–water partition coefficient (Wildman–Crippen LogP) is 3.01. The summed E-state index contributed by atoms with van der Waals surface area (Å²) in [5.41, 5.74) is 4.29. The fourth-order valence-electron chi connectivity index (χ4n) is 3.91. The minimum atomic E-state index is -0.682. The summed E-state index contributed by atoms with van der Waals surface area (Å²) in [6.45, 7) is 1.97. The number of ketones is 1. The Morgan fingerprint density at radius 3 is 2.30 bits per heavy atom. The van der Waals surface area contributed by atoms with Crippen molar-refractivity contribution in [1.29, 1.82) is 0 Å². The molecule has 1 N–H and O–H groups in total. The molecule has 0 fully saturated rings. The summed E-state index contributed by atoms with van der Waals surface area (Å²) in [5, 5.41) is 10.8. The van der Waals surface area contributed by atoms with Gasteiger partial charge in [-0.3, -0.25) is 4.79 Å². The molecule has 4 rings (SSSR count). The molecule has 0 radical (unpaired) electrons. The van der Waals surface area contributed by atoms with Crippen molar-refractivity contribution in [1.82, 2.24) is 0 Å². The monoisotopic (exact) mass is 264 g/mol. The van der Waals surface area contributed by atoms with Crippen LogP contribution in [0, 0.1) is 12.3 Å². The number of hydrogen-bond donors (Lipinski definition) is 1. The lowest BCUT2D eigenvalue weighted by Crippen LogP contribution is -2.32. The lowest BCUT2D eigenvalue weighted by Gasteiger charge is -2.26. The van der Waals surface area contributed by atoms with E-state index in [1.807, 2.05) is 37.3 Å². The SMILES string of the molecule is Cc1cccc2c1C(O)C1(Cc3ccccc3C1)C2=O. The Kier molecular flexibility index (Phi) is 2.25.